The molecule has 31 heavy (non-hydrogen) atoms. The summed E-state index contributed by atoms with van der Waals surface area (Å²) in [5, 5.41) is 1.77. The number of carbonyl (C=O) groups excluding carboxylic acids is 1. The Hall–Kier alpha value is -1.90. The van der Waals surface area contributed by atoms with Gasteiger partial charge in [-0.3, -0.25) is 4.79 Å². The molecule has 0 atom stereocenters. The van der Waals surface area contributed by atoms with Crippen LogP contribution >= 0.6 is 11.3 Å². The summed E-state index contributed by atoms with van der Waals surface area (Å²) in [6, 6.07) is 9.63. The fourth-order valence-electron chi connectivity index (χ4n) is 4.35. The molecule has 0 radical (unpaired) electrons. The van der Waals surface area contributed by atoms with E-state index in [9.17, 15) is 13.2 Å². The molecule has 0 unspecified atom stereocenters. The molecule has 168 valence electrons. The number of aryl methyl sites for hydroxylation is 2. The monoisotopic (exact) mass is 462 g/mol. The van der Waals surface area contributed by atoms with Crippen molar-refractivity contribution in [2.24, 2.45) is 5.92 Å². The van der Waals surface area contributed by atoms with Crippen LogP contribution in [0.2, 0.25) is 0 Å². The van der Waals surface area contributed by atoms with Gasteiger partial charge in [0.1, 0.15) is 16.1 Å². The van der Waals surface area contributed by atoms with Gasteiger partial charge in [0.15, 0.2) is 0 Å². The minimum atomic E-state index is -3.43. The SMILES string of the molecule is Cc1ccc(C)c(OC2CCN(C(=O)C3CCN(S(=O)(=O)c4cccs4)CC3)CC2)c1. The van der Waals surface area contributed by atoms with Crippen molar-refractivity contribution in [3.63, 3.8) is 0 Å². The van der Waals surface area contributed by atoms with Gasteiger partial charge in [-0.1, -0.05) is 18.2 Å². The predicted molar refractivity (Wildman–Crippen MR) is 122 cm³/mol. The average Bonchev–Trinajstić information content (AvgIpc) is 3.32. The summed E-state index contributed by atoms with van der Waals surface area (Å²) in [5.74, 6) is 1.01. The molecule has 1 aromatic heterocycles. The summed E-state index contributed by atoms with van der Waals surface area (Å²) in [5.41, 5.74) is 2.31. The number of piperidine rings is 2. The van der Waals surface area contributed by atoms with Crippen LogP contribution in [0.5, 0.6) is 5.75 Å². The van der Waals surface area contributed by atoms with Crippen molar-refractivity contribution in [2.75, 3.05) is 26.2 Å². The second-order valence-corrected chi connectivity index (χ2v) is 11.6. The van der Waals surface area contributed by atoms with Gasteiger partial charge in [0, 0.05) is 44.9 Å². The van der Waals surface area contributed by atoms with Crippen molar-refractivity contribution < 1.29 is 17.9 Å². The van der Waals surface area contributed by atoms with E-state index in [0.29, 0.717) is 43.2 Å². The molecule has 0 saturated carbocycles. The standard InChI is InChI=1S/C23H30N2O4S2/c1-17-5-6-18(2)21(16-17)29-20-9-11-24(12-10-20)23(26)19-7-13-25(14-8-19)31(27,28)22-4-3-15-30-22/h3-6,15-16,19-20H,7-14H2,1-2H3. The highest BCUT2D eigenvalue weighted by molar-refractivity contribution is 7.91. The Morgan fingerprint density at radius 1 is 1.03 bits per heavy atom. The number of likely N-dealkylation sites (tertiary alicyclic amines) is 1. The molecule has 2 saturated heterocycles. The van der Waals surface area contributed by atoms with E-state index in [1.165, 1.54) is 21.2 Å². The van der Waals surface area contributed by atoms with Gasteiger partial charge in [0.2, 0.25) is 5.91 Å². The summed E-state index contributed by atoms with van der Waals surface area (Å²) in [6.07, 6.45) is 2.95. The Morgan fingerprint density at radius 3 is 2.39 bits per heavy atom. The van der Waals surface area contributed by atoms with Gasteiger partial charge in [0.05, 0.1) is 0 Å². The third-order valence-electron chi connectivity index (χ3n) is 6.28. The second-order valence-electron chi connectivity index (χ2n) is 8.52. The molecule has 0 aliphatic carbocycles. The molecule has 2 aromatic rings. The number of ether oxygens (including phenoxy) is 1. The van der Waals surface area contributed by atoms with Crippen LogP contribution in [0.25, 0.3) is 0 Å². The maximum absolute atomic E-state index is 13.0. The molecule has 1 aromatic carbocycles. The van der Waals surface area contributed by atoms with Gasteiger partial charge >= 0.3 is 0 Å². The Kier molecular flexibility index (Phi) is 6.69. The molecule has 2 aliphatic heterocycles. The number of amides is 1. The highest BCUT2D eigenvalue weighted by atomic mass is 32.2. The van der Waals surface area contributed by atoms with E-state index in [4.69, 9.17) is 4.74 Å². The maximum atomic E-state index is 13.0. The van der Waals surface area contributed by atoms with E-state index in [0.717, 1.165) is 24.2 Å². The van der Waals surface area contributed by atoms with Gasteiger partial charge in [-0.2, -0.15) is 4.31 Å². The van der Waals surface area contributed by atoms with Crippen LogP contribution < -0.4 is 4.74 Å². The first-order valence-electron chi connectivity index (χ1n) is 10.9. The second kappa shape index (κ2) is 9.30. The number of benzene rings is 1. The Morgan fingerprint density at radius 2 is 1.74 bits per heavy atom. The smallest absolute Gasteiger partial charge is 0.252 e. The number of carbonyl (C=O) groups is 1. The first-order valence-corrected chi connectivity index (χ1v) is 13.2. The molecule has 6 nitrogen and oxygen atoms in total. The lowest BCUT2D eigenvalue weighted by molar-refractivity contribution is -0.138. The van der Waals surface area contributed by atoms with Crippen LogP contribution in [0.3, 0.4) is 0 Å². The molecule has 2 fully saturated rings. The van der Waals surface area contributed by atoms with Crippen molar-refractivity contribution in [3.8, 4) is 5.75 Å². The van der Waals surface area contributed by atoms with Crippen molar-refractivity contribution in [2.45, 2.75) is 49.8 Å². The summed E-state index contributed by atoms with van der Waals surface area (Å²) < 4.78 is 33.5. The minimum Gasteiger partial charge on any atom is -0.490 e. The zero-order valence-corrected chi connectivity index (χ0v) is 19.8. The Labute approximate surface area is 188 Å². The molecule has 0 spiro atoms. The van der Waals surface area contributed by atoms with Gasteiger partial charge in [-0.05, 0) is 55.3 Å². The molecule has 8 heteroatoms. The van der Waals surface area contributed by atoms with Gasteiger partial charge in [0.25, 0.3) is 10.0 Å². The normalized spacial score (nSPS) is 19.5. The largest absolute Gasteiger partial charge is 0.490 e. The lowest BCUT2D eigenvalue weighted by atomic mass is 9.95. The van der Waals surface area contributed by atoms with Crippen molar-refractivity contribution >= 4 is 27.3 Å². The van der Waals surface area contributed by atoms with Gasteiger partial charge in [-0.25, -0.2) is 8.42 Å². The lowest BCUT2D eigenvalue weighted by Crippen LogP contribution is -2.47. The minimum absolute atomic E-state index is 0.0914. The highest BCUT2D eigenvalue weighted by Gasteiger charge is 2.35. The summed E-state index contributed by atoms with van der Waals surface area (Å²) in [4.78, 5) is 15.0. The topological polar surface area (TPSA) is 66.9 Å². The highest BCUT2D eigenvalue weighted by Crippen LogP contribution is 2.29. The van der Waals surface area contributed by atoms with Crippen LogP contribution in [0, 0.1) is 19.8 Å². The number of nitrogens with zero attached hydrogens (tertiary/aromatic N) is 2. The Bertz CT molecular complexity index is 1000. The number of thiophene rings is 1. The van der Waals surface area contributed by atoms with E-state index < -0.39 is 10.0 Å². The van der Waals surface area contributed by atoms with Crippen LogP contribution in [0.1, 0.15) is 36.8 Å². The fourth-order valence-corrected chi connectivity index (χ4v) is 6.96. The Balaban J connectivity index is 1.27. The molecular weight excluding hydrogens is 432 g/mol. The third-order valence-corrected chi connectivity index (χ3v) is 9.56. The van der Waals surface area contributed by atoms with Gasteiger partial charge < -0.3 is 9.64 Å². The molecule has 2 aliphatic rings. The van der Waals surface area contributed by atoms with E-state index in [1.807, 2.05) is 4.90 Å². The van der Waals surface area contributed by atoms with Crippen molar-refractivity contribution in [3.05, 3.63) is 46.8 Å². The zero-order chi connectivity index (χ0) is 22.0. The number of hydrogen-bond donors (Lipinski definition) is 0. The maximum Gasteiger partial charge on any atom is 0.252 e. The van der Waals surface area contributed by atoms with Crippen molar-refractivity contribution in [1.29, 1.82) is 0 Å². The summed E-state index contributed by atoms with van der Waals surface area (Å²) in [7, 11) is -3.43. The molecule has 0 N–H and O–H groups in total. The molecule has 1 amide bonds. The van der Waals surface area contributed by atoms with E-state index in [-0.39, 0.29) is 17.9 Å². The number of hydrogen-bond acceptors (Lipinski definition) is 5. The first-order chi connectivity index (χ1) is 14.8. The third kappa shape index (κ3) is 4.96. The van der Waals surface area contributed by atoms with Crippen LogP contribution in [0.15, 0.2) is 39.9 Å². The van der Waals surface area contributed by atoms with Gasteiger partial charge in [-0.15, -0.1) is 11.3 Å². The zero-order valence-electron chi connectivity index (χ0n) is 18.1. The van der Waals surface area contributed by atoms with E-state index >= 15 is 0 Å². The first kappa shape index (κ1) is 22.3. The van der Waals surface area contributed by atoms with Crippen LogP contribution in [-0.2, 0) is 14.8 Å². The molecular formula is C23H30N2O4S2. The van der Waals surface area contributed by atoms with E-state index in [2.05, 4.69) is 32.0 Å². The predicted octanol–water partition coefficient (Wildman–Crippen LogP) is 3.84. The average molecular weight is 463 g/mol. The van der Waals surface area contributed by atoms with Crippen LogP contribution in [0.4, 0.5) is 0 Å². The quantitative estimate of drug-likeness (QED) is 0.677. The number of rotatable bonds is 5. The molecule has 3 heterocycles. The fraction of sp³-hybridized carbons (Fsp3) is 0.522. The van der Waals surface area contributed by atoms with E-state index in [1.54, 1.807) is 17.5 Å². The lowest BCUT2D eigenvalue weighted by Gasteiger charge is -2.37. The summed E-state index contributed by atoms with van der Waals surface area (Å²) in [6.45, 7) is 6.32. The summed E-state index contributed by atoms with van der Waals surface area (Å²) >= 11 is 1.24. The van der Waals surface area contributed by atoms with Crippen LogP contribution in [-0.4, -0.2) is 55.8 Å². The molecule has 4 rings (SSSR count). The number of sulfonamides is 1. The van der Waals surface area contributed by atoms with Crippen molar-refractivity contribution in [1.82, 2.24) is 9.21 Å². The molecule has 0 bridgehead atoms.